The number of amides is 1. The lowest BCUT2D eigenvalue weighted by Crippen LogP contribution is -2.26. The van der Waals surface area contributed by atoms with Crippen molar-refractivity contribution in [2.75, 3.05) is 7.05 Å². The molecule has 0 radical (unpaired) electrons. The van der Waals surface area contributed by atoms with Gasteiger partial charge in [-0.05, 0) is 57.2 Å². The number of nitrogens with zero attached hydrogens (tertiary/aromatic N) is 4. The molecular formula is C29H28BrN5O3. The number of ether oxygens (including phenoxy) is 1. The average Bonchev–Trinajstić information content (AvgIpc) is 3.59. The van der Waals surface area contributed by atoms with Crippen LogP contribution in [0.25, 0.3) is 22.1 Å². The molecule has 0 aliphatic heterocycles. The molecule has 0 aliphatic carbocycles. The van der Waals surface area contributed by atoms with Crippen LogP contribution in [-0.4, -0.2) is 38.5 Å². The number of carbonyl (C=O) groups is 1. The third-order valence-corrected chi connectivity index (χ3v) is 6.99. The Hall–Kier alpha value is -3.98. The standard InChI is InChI=1S/C29H28BrN5O3/c1-3-4-8-26-28(22-7-5-6-9-24(22)38-26)29(36)35(2)17-19-10-12-20(13-11-19)21-14-15-25(23(30)16-21)37-18-27-31-33-34-32-27/h5-7,9-16H,3-4,8,17-18H2,1-2H3,(H,31,32,33,34). The molecule has 0 fully saturated rings. The summed E-state index contributed by atoms with van der Waals surface area (Å²) in [5.74, 6) is 1.93. The van der Waals surface area contributed by atoms with Crippen molar-refractivity contribution in [1.29, 1.82) is 0 Å². The van der Waals surface area contributed by atoms with Gasteiger partial charge in [0.1, 0.15) is 17.1 Å². The molecule has 38 heavy (non-hydrogen) atoms. The normalized spacial score (nSPS) is 11.1. The van der Waals surface area contributed by atoms with Crippen LogP contribution in [-0.2, 0) is 19.6 Å². The second-order valence-electron chi connectivity index (χ2n) is 9.12. The van der Waals surface area contributed by atoms with E-state index in [1.54, 1.807) is 4.90 Å². The summed E-state index contributed by atoms with van der Waals surface area (Å²) in [6, 6.07) is 21.9. The smallest absolute Gasteiger partial charge is 0.258 e. The molecule has 194 valence electrons. The molecule has 0 saturated carbocycles. The van der Waals surface area contributed by atoms with E-state index in [0.29, 0.717) is 23.7 Å². The minimum atomic E-state index is -0.0227. The van der Waals surface area contributed by atoms with Crippen LogP contribution < -0.4 is 4.74 Å². The third kappa shape index (κ3) is 5.62. The summed E-state index contributed by atoms with van der Waals surface area (Å²) in [6.45, 7) is 2.86. The van der Waals surface area contributed by atoms with Crippen molar-refractivity contribution in [3.63, 3.8) is 0 Å². The zero-order valence-electron chi connectivity index (χ0n) is 21.3. The molecule has 2 aromatic heterocycles. The van der Waals surface area contributed by atoms with Crippen LogP contribution in [0.5, 0.6) is 5.75 Å². The van der Waals surface area contributed by atoms with E-state index in [2.05, 4.69) is 67.7 Å². The lowest BCUT2D eigenvalue weighted by molar-refractivity contribution is 0.0784. The SMILES string of the molecule is CCCCc1oc2ccccc2c1C(=O)N(C)Cc1ccc(-c2ccc(OCc3nn[nH]n3)c(Br)c2)cc1. The number of hydrogen-bond acceptors (Lipinski definition) is 6. The average molecular weight is 574 g/mol. The number of para-hydroxylation sites is 1. The molecule has 0 aliphatic rings. The number of halogens is 1. The number of carbonyl (C=O) groups excluding carboxylic acids is 1. The number of H-pyrrole nitrogens is 1. The van der Waals surface area contributed by atoms with Gasteiger partial charge < -0.3 is 14.1 Å². The number of unbranched alkanes of at least 4 members (excludes halogenated alkanes) is 1. The molecule has 5 rings (SSSR count). The highest BCUT2D eigenvalue weighted by Crippen LogP contribution is 2.32. The zero-order chi connectivity index (χ0) is 26.5. The molecule has 8 nitrogen and oxygen atoms in total. The van der Waals surface area contributed by atoms with Gasteiger partial charge in [-0.1, -0.05) is 67.1 Å². The topological polar surface area (TPSA) is 97.1 Å². The van der Waals surface area contributed by atoms with Crippen LogP contribution in [0.2, 0.25) is 0 Å². The predicted molar refractivity (Wildman–Crippen MR) is 149 cm³/mol. The lowest BCUT2D eigenvalue weighted by atomic mass is 10.0. The molecule has 0 atom stereocenters. The number of aryl methyl sites for hydroxylation is 1. The van der Waals surface area contributed by atoms with Crippen LogP contribution in [0.4, 0.5) is 0 Å². The first kappa shape index (κ1) is 25.7. The molecule has 0 saturated heterocycles. The first-order chi connectivity index (χ1) is 18.5. The van der Waals surface area contributed by atoms with Crippen molar-refractivity contribution in [2.24, 2.45) is 0 Å². The maximum absolute atomic E-state index is 13.5. The molecule has 2 heterocycles. The zero-order valence-corrected chi connectivity index (χ0v) is 22.9. The van der Waals surface area contributed by atoms with Crippen molar-refractivity contribution < 1.29 is 13.9 Å². The van der Waals surface area contributed by atoms with Gasteiger partial charge in [0.15, 0.2) is 6.61 Å². The molecule has 1 amide bonds. The number of aromatic nitrogens is 4. The quantitative estimate of drug-likeness (QED) is 0.203. The highest BCUT2D eigenvalue weighted by atomic mass is 79.9. The first-order valence-corrected chi connectivity index (χ1v) is 13.3. The molecule has 3 aromatic carbocycles. The summed E-state index contributed by atoms with van der Waals surface area (Å²) in [7, 11) is 1.84. The summed E-state index contributed by atoms with van der Waals surface area (Å²) >= 11 is 3.59. The fourth-order valence-corrected chi connectivity index (χ4v) is 4.86. The van der Waals surface area contributed by atoms with Gasteiger partial charge in [0.05, 0.1) is 10.0 Å². The molecule has 0 unspecified atom stereocenters. The van der Waals surface area contributed by atoms with Crippen molar-refractivity contribution >= 4 is 32.8 Å². The molecule has 5 aromatic rings. The first-order valence-electron chi connectivity index (χ1n) is 12.5. The molecule has 0 bridgehead atoms. The van der Waals surface area contributed by atoms with Crippen molar-refractivity contribution in [2.45, 2.75) is 39.3 Å². The number of benzene rings is 3. The number of tetrazole rings is 1. The second kappa shape index (κ2) is 11.6. The summed E-state index contributed by atoms with van der Waals surface area (Å²) in [4.78, 5) is 15.3. The van der Waals surface area contributed by atoms with E-state index in [-0.39, 0.29) is 12.5 Å². The summed E-state index contributed by atoms with van der Waals surface area (Å²) < 4.78 is 12.7. The van der Waals surface area contributed by atoms with Crippen molar-refractivity contribution in [3.05, 3.63) is 93.9 Å². The van der Waals surface area contributed by atoms with E-state index in [0.717, 1.165) is 57.2 Å². The maximum atomic E-state index is 13.5. The van der Waals surface area contributed by atoms with Gasteiger partial charge in [-0.3, -0.25) is 4.79 Å². The predicted octanol–water partition coefficient (Wildman–Crippen LogP) is 6.57. The number of furan rings is 1. The number of aromatic amines is 1. The number of rotatable bonds is 10. The summed E-state index contributed by atoms with van der Waals surface area (Å²) in [5, 5.41) is 14.6. The highest BCUT2D eigenvalue weighted by Gasteiger charge is 2.23. The van der Waals surface area contributed by atoms with Crippen LogP contribution >= 0.6 is 15.9 Å². The highest BCUT2D eigenvalue weighted by molar-refractivity contribution is 9.10. The number of hydrogen-bond donors (Lipinski definition) is 1. The van der Waals surface area contributed by atoms with E-state index in [9.17, 15) is 4.79 Å². The Morgan fingerprint density at radius 2 is 1.87 bits per heavy atom. The lowest BCUT2D eigenvalue weighted by Gasteiger charge is -2.18. The van der Waals surface area contributed by atoms with E-state index in [1.807, 2.05) is 49.5 Å². The molecular weight excluding hydrogens is 546 g/mol. The Morgan fingerprint density at radius 3 is 2.61 bits per heavy atom. The van der Waals surface area contributed by atoms with E-state index in [1.165, 1.54) is 0 Å². The van der Waals surface area contributed by atoms with Crippen LogP contribution in [0.15, 0.2) is 75.6 Å². The van der Waals surface area contributed by atoms with E-state index in [4.69, 9.17) is 9.15 Å². The monoisotopic (exact) mass is 573 g/mol. The van der Waals surface area contributed by atoms with Gasteiger partial charge in [0.2, 0.25) is 5.82 Å². The fourth-order valence-electron chi connectivity index (χ4n) is 4.37. The third-order valence-electron chi connectivity index (χ3n) is 6.37. The molecule has 1 N–H and O–H groups in total. The molecule has 0 spiro atoms. The van der Waals surface area contributed by atoms with Gasteiger partial charge in [0.25, 0.3) is 5.91 Å². The number of nitrogens with one attached hydrogen (secondary N) is 1. The van der Waals surface area contributed by atoms with Crippen LogP contribution in [0.3, 0.4) is 0 Å². The minimum absolute atomic E-state index is 0.0227. The van der Waals surface area contributed by atoms with Crippen LogP contribution in [0, 0.1) is 0 Å². The van der Waals surface area contributed by atoms with Gasteiger partial charge in [-0.15, -0.1) is 10.2 Å². The van der Waals surface area contributed by atoms with Crippen molar-refractivity contribution in [1.82, 2.24) is 25.5 Å². The Balaban J connectivity index is 1.27. The summed E-state index contributed by atoms with van der Waals surface area (Å²) in [6.07, 6.45) is 2.78. The van der Waals surface area contributed by atoms with Gasteiger partial charge in [-0.2, -0.15) is 5.21 Å². The summed E-state index contributed by atoms with van der Waals surface area (Å²) in [5.41, 5.74) is 4.60. The Labute approximate surface area is 229 Å². The largest absolute Gasteiger partial charge is 0.484 e. The molecule has 9 heteroatoms. The van der Waals surface area contributed by atoms with Crippen molar-refractivity contribution in [3.8, 4) is 16.9 Å². The second-order valence-corrected chi connectivity index (χ2v) is 9.97. The van der Waals surface area contributed by atoms with E-state index >= 15 is 0 Å². The van der Waals surface area contributed by atoms with Crippen LogP contribution in [0.1, 0.15) is 47.3 Å². The Bertz CT molecular complexity index is 1530. The minimum Gasteiger partial charge on any atom is -0.484 e. The van der Waals surface area contributed by atoms with Gasteiger partial charge in [0, 0.05) is 25.4 Å². The Morgan fingerprint density at radius 1 is 1.08 bits per heavy atom. The Kier molecular flexibility index (Phi) is 7.83. The maximum Gasteiger partial charge on any atom is 0.258 e. The van der Waals surface area contributed by atoms with E-state index < -0.39 is 0 Å². The fraction of sp³-hybridized carbons (Fsp3) is 0.241. The van der Waals surface area contributed by atoms with Gasteiger partial charge >= 0.3 is 0 Å². The van der Waals surface area contributed by atoms with Gasteiger partial charge in [-0.25, -0.2) is 0 Å². The number of fused-ring (bicyclic) bond motifs is 1.